The van der Waals surface area contributed by atoms with Crippen LogP contribution in [0.4, 0.5) is 0 Å². The third kappa shape index (κ3) is 2.79. The molecule has 26 heavy (non-hydrogen) atoms. The molecule has 1 saturated heterocycles. The molecular weight excluding hydrogens is 322 g/mol. The molecule has 1 amide bonds. The molecule has 140 valence electrons. The summed E-state index contributed by atoms with van der Waals surface area (Å²) in [5.41, 5.74) is 4.51. The van der Waals surface area contributed by atoms with E-state index in [1.165, 1.54) is 32.1 Å². The topological polar surface area (TPSA) is 40.5 Å². The summed E-state index contributed by atoms with van der Waals surface area (Å²) in [4.78, 5) is 14.5. The second-order valence-electron chi connectivity index (χ2n) is 10.2. The number of benzene rings is 1. The molecule has 1 N–H and O–H groups in total. The maximum absolute atomic E-state index is 12.5. The van der Waals surface area contributed by atoms with Crippen molar-refractivity contribution >= 4 is 5.91 Å². The van der Waals surface area contributed by atoms with Crippen molar-refractivity contribution in [2.75, 3.05) is 13.1 Å². The van der Waals surface area contributed by atoms with Crippen molar-refractivity contribution in [3.63, 3.8) is 0 Å². The fourth-order valence-corrected chi connectivity index (χ4v) is 5.99. The fourth-order valence-electron chi connectivity index (χ4n) is 5.99. The second kappa shape index (κ2) is 5.58. The van der Waals surface area contributed by atoms with Crippen LogP contribution in [0.15, 0.2) is 18.2 Å². The lowest BCUT2D eigenvalue weighted by Gasteiger charge is -2.60. The zero-order valence-electron chi connectivity index (χ0n) is 16.1. The molecular formula is C23H31NO2. The average Bonchev–Trinajstić information content (AvgIpc) is 3.31. The van der Waals surface area contributed by atoms with Gasteiger partial charge in [0.25, 0.3) is 0 Å². The van der Waals surface area contributed by atoms with Gasteiger partial charge in [0.15, 0.2) is 0 Å². The standard InChI is InChI=1S/C23H31NO2/c1-15-18(4-3-5-20(15)17-6-7-17)8-16-9-23(10-16)13-24(14-23)21(25)19-11-22(2,26)12-19/h3-5,16-17,19,26H,6-14H2,1-2H3/t19-,22+. The molecule has 4 fully saturated rings. The minimum absolute atomic E-state index is 0.0750. The van der Waals surface area contributed by atoms with Crippen LogP contribution in [-0.4, -0.2) is 34.6 Å². The molecule has 1 heterocycles. The third-order valence-electron chi connectivity index (χ3n) is 7.54. The first-order valence-corrected chi connectivity index (χ1v) is 10.4. The number of amides is 1. The van der Waals surface area contributed by atoms with Gasteiger partial charge in [0.2, 0.25) is 5.91 Å². The minimum atomic E-state index is -0.600. The minimum Gasteiger partial charge on any atom is -0.390 e. The summed E-state index contributed by atoms with van der Waals surface area (Å²) >= 11 is 0. The highest BCUT2D eigenvalue weighted by Gasteiger charge is 2.55. The summed E-state index contributed by atoms with van der Waals surface area (Å²) in [7, 11) is 0. The Labute approximate surface area is 156 Å². The van der Waals surface area contributed by atoms with Crippen molar-refractivity contribution in [3.05, 3.63) is 34.9 Å². The highest BCUT2D eigenvalue weighted by molar-refractivity contribution is 5.81. The van der Waals surface area contributed by atoms with E-state index in [1.807, 2.05) is 6.92 Å². The Hall–Kier alpha value is -1.35. The van der Waals surface area contributed by atoms with Crippen LogP contribution in [0.2, 0.25) is 0 Å². The number of likely N-dealkylation sites (tertiary alicyclic amines) is 1. The zero-order valence-corrected chi connectivity index (χ0v) is 16.1. The van der Waals surface area contributed by atoms with Crippen molar-refractivity contribution < 1.29 is 9.90 Å². The Morgan fingerprint density at radius 2 is 1.88 bits per heavy atom. The normalized spacial score (nSPS) is 32.7. The summed E-state index contributed by atoms with van der Waals surface area (Å²) in [6.45, 7) is 6.07. The van der Waals surface area contributed by atoms with Gasteiger partial charge in [-0.3, -0.25) is 4.79 Å². The van der Waals surface area contributed by atoms with Crippen LogP contribution in [0.25, 0.3) is 0 Å². The molecule has 3 saturated carbocycles. The van der Waals surface area contributed by atoms with E-state index in [-0.39, 0.29) is 5.92 Å². The maximum atomic E-state index is 12.5. The highest BCUT2D eigenvalue weighted by Crippen LogP contribution is 2.54. The van der Waals surface area contributed by atoms with Gasteiger partial charge in [0.1, 0.15) is 0 Å². The van der Waals surface area contributed by atoms with Gasteiger partial charge in [-0.05, 0) is 87.3 Å². The molecule has 3 nitrogen and oxygen atoms in total. The van der Waals surface area contributed by atoms with E-state index < -0.39 is 5.60 Å². The summed E-state index contributed by atoms with van der Waals surface area (Å²) in [6.07, 6.45) is 7.82. The molecule has 1 aromatic rings. The molecule has 3 heteroatoms. The largest absolute Gasteiger partial charge is 0.390 e. The number of rotatable bonds is 4. The van der Waals surface area contributed by atoms with Crippen LogP contribution in [0, 0.1) is 24.2 Å². The van der Waals surface area contributed by atoms with Crippen LogP contribution in [0.1, 0.15) is 68.1 Å². The Morgan fingerprint density at radius 1 is 1.19 bits per heavy atom. The predicted octanol–water partition coefficient (Wildman–Crippen LogP) is 3.81. The Balaban J connectivity index is 1.12. The lowest BCUT2D eigenvalue weighted by atomic mass is 9.56. The van der Waals surface area contributed by atoms with Crippen LogP contribution in [0.3, 0.4) is 0 Å². The summed E-state index contributed by atoms with van der Waals surface area (Å²) < 4.78 is 0. The predicted molar refractivity (Wildman–Crippen MR) is 102 cm³/mol. The quantitative estimate of drug-likeness (QED) is 0.894. The van der Waals surface area contributed by atoms with Crippen LogP contribution < -0.4 is 0 Å². The van der Waals surface area contributed by atoms with Crippen molar-refractivity contribution in [2.24, 2.45) is 17.3 Å². The zero-order chi connectivity index (χ0) is 18.1. The highest BCUT2D eigenvalue weighted by atomic mass is 16.3. The molecule has 1 aromatic carbocycles. The van der Waals surface area contributed by atoms with E-state index in [9.17, 15) is 9.90 Å². The van der Waals surface area contributed by atoms with Crippen molar-refractivity contribution in [2.45, 2.75) is 70.3 Å². The van der Waals surface area contributed by atoms with Gasteiger partial charge in [0, 0.05) is 24.4 Å². The number of hydrogen-bond donors (Lipinski definition) is 1. The molecule has 3 aliphatic carbocycles. The molecule has 1 aliphatic heterocycles. The Bertz CT molecular complexity index is 727. The Morgan fingerprint density at radius 3 is 2.50 bits per heavy atom. The van der Waals surface area contributed by atoms with Gasteiger partial charge in [-0.1, -0.05) is 18.2 Å². The average molecular weight is 354 g/mol. The van der Waals surface area contributed by atoms with Gasteiger partial charge in [-0.25, -0.2) is 0 Å². The summed E-state index contributed by atoms with van der Waals surface area (Å²) in [5.74, 6) is 2.00. The van der Waals surface area contributed by atoms with E-state index in [0.29, 0.717) is 24.2 Å². The van der Waals surface area contributed by atoms with Gasteiger partial charge in [0.05, 0.1) is 5.60 Å². The van der Waals surface area contributed by atoms with Gasteiger partial charge in [-0.2, -0.15) is 0 Å². The summed E-state index contributed by atoms with van der Waals surface area (Å²) in [6, 6.07) is 6.90. The molecule has 0 bridgehead atoms. The lowest BCUT2D eigenvalue weighted by Crippen LogP contribution is -2.66. The maximum Gasteiger partial charge on any atom is 0.225 e. The molecule has 0 atom stereocenters. The van der Waals surface area contributed by atoms with Gasteiger partial charge >= 0.3 is 0 Å². The SMILES string of the molecule is Cc1c(CC2CC3(C2)CN(C(=O)[C@H]2C[C@@](C)(O)C2)C3)cccc1C1CC1. The molecule has 0 aromatic heterocycles. The van der Waals surface area contributed by atoms with Crippen LogP contribution in [-0.2, 0) is 11.2 Å². The monoisotopic (exact) mass is 353 g/mol. The number of aliphatic hydroxyl groups is 1. The van der Waals surface area contributed by atoms with Crippen molar-refractivity contribution in [1.82, 2.24) is 4.90 Å². The number of carbonyl (C=O) groups is 1. The number of carbonyl (C=O) groups excluding carboxylic acids is 1. The molecule has 5 rings (SSSR count). The first-order chi connectivity index (χ1) is 12.3. The fraction of sp³-hybridized carbons (Fsp3) is 0.696. The van der Waals surface area contributed by atoms with Crippen LogP contribution >= 0.6 is 0 Å². The number of nitrogens with zero attached hydrogens (tertiary/aromatic N) is 1. The molecule has 1 spiro atoms. The smallest absolute Gasteiger partial charge is 0.225 e. The summed E-state index contributed by atoms with van der Waals surface area (Å²) in [5, 5.41) is 9.85. The van der Waals surface area contributed by atoms with E-state index in [2.05, 4.69) is 30.0 Å². The molecule has 4 aliphatic rings. The van der Waals surface area contributed by atoms with Crippen LogP contribution in [0.5, 0.6) is 0 Å². The van der Waals surface area contributed by atoms with E-state index in [1.54, 1.807) is 16.7 Å². The van der Waals surface area contributed by atoms with E-state index >= 15 is 0 Å². The first-order valence-electron chi connectivity index (χ1n) is 10.4. The first kappa shape index (κ1) is 16.8. The van der Waals surface area contributed by atoms with Gasteiger partial charge in [-0.15, -0.1) is 0 Å². The molecule has 0 radical (unpaired) electrons. The molecule has 0 unspecified atom stereocenters. The van der Waals surface area contributed by atoms with Gasteiger partial charge < -0.3 is 10.0 Å². The lowest BCUT2D eigenvalue weighted by molar-refractivity contribution is -0.171. The second-order valence-corrected chi connectivity index (χ2v) is 10.2. The number of hydrogen-bond acceptors (Lipinski definition) is 2. The Kier molecular flexibility index (Phi) is 3.60. The van der Waals surface area contributed by atoms with E-state index in [0.717, 1.165) is 24.9 Å². The van der Waals surface area contributed by atoms with Crippen molar-refractivity contribution in [3.8, 4) is 0 Å². The third-order valence-corrected chi connectivity index (χ3v) is 7.54. The van der Waals surface area contributed by atoms with Crippen molar-refractivity contribution in [1.29, 1.82) is 0 Å². The van der Waals surface area contributed by atoms with E-state index in [4.69, 9.17) is 0 Å².